The predicted molar refractivity (Wildman–Crippen MR) is 103 cm³/mol. The highest BCUT2D eigenvalue weighted by Crippen LogP contribution is 2.26. The van der Waals surface area contributed by atoms with Gasteiger partial charge in [0.1, 0.15) is 12.4 Å². The normalized spacial score (nSPS) is 16.6. The fraction of sp³-hybridized carbons (Fsp3) is 0.250. The summed E-state index contributed by atoms with van der Waals surface area (Å²) in [5.74, 6) is 0.572. The van der Waals surface area contributed by atoms with Crippen LogP contribution in [0.5, 0.6) is 0 Å². The summed E-state index contributed by atoms with van der Waals surface area (Å²) in [6.45, 7) is 1.69. The van der Waals surface area contributed by atoms with Crippen LogP contribution in [0.15, 0.2) is 53.7 Å². The first-order chi connectivity index (χ1) is 13.7. The Hall–Kier alpha value is -3.57. The lowest BCUT2D eigenvalue weighted by molar-refractivity contribution is 0.0390. The molecule has 0 spiro atoms. The van der Waals surface area contributed by atoms with Crippen molar-refractivity contribution in [3.63, 3.8) is 0 Å². The number of nitrogens with zero attached hydrogens (tertiary/aromatic N) is 6. The summed E-state index contributed by atoms with van der Waals surface area (Å²) >= 11 is 0. The SMILES string of the molecule is Cn1c(N2CCOC(c3ccc(C#N)cc3)C2)nc(-c2ccncn2)cc1=O. The summed E-state index contributed by atoms with van der Waals surface area (Å²) in [5.41, 5.74) is 2.56. The molecule has 1 unspecified atom stereocenters. The molecule has 0 radical (unpaired) electrons. The van der Waals surface area contributed by atoms with Gasteiger partial charge in [0.15, 0.2) is 0 Å². The Kier molecular flexibility index (Phi) is 4.83. The van der Waals surface area contributed by atoms with E-state index >= 15 is 0 Å². The third kappa shape index (κ3) is 3.48. The predicted octanol–water partition coefficient (Wildman–Crippen LogP) is 1.69. The first-order valence-corrected chi connectivity index (χ1v) is 8.87. The quantitative estimate of drug-likeness (QED) is 0.688. The lowest BCUT2D eigenvalue weighted by atomic mass is 10.1. The second-order valence-electron chi connectivity index (χ2n) is 6.47. The first kappa shape index (κ1) is 17.8. The summed E-state index contributed by atoms with van der Waals surface area (Å²) in [6.07, 6.45) is 2.89. The van der Waals surface area contributed by atoms with Gasteiger partial charge in [-0.25, -0.2) is 15.0 Å². The molecule has 4 rings (SSSR count). The van der Waals surface area contributed by atoms with Gasteiger partial charge in [0.25, 0.3) is 5.56 Å². The summed E-state index contributed by atoms with van der Waals surface area (Å²) in [7, 11) is 1.71. The Morgan fingerprint density at radius 1 is 1.21 bits per heavy atom. The number of hydrogen-bond donors (Lipinski definition) is 0. The van der Waals surface area contributed by atoms with Crippen molar-refractivity contribution in [1.82, 2.24) is 19.5 Å². The second kappa shape index (κ2) is 7.58. The number of aromatic nitrogens is 4. The lowest BCUT2D eigenvalue weighted by Gasteiger charge is -2.34. The molecule has 0 aliphatic carbocycles. The Labute approximate surface area is 161 Å². The van der Waals surface area contributed by atoms with Crippen LogP contribution in [0.1, 0.15) is 17.2 Å². The molecule has 1 saturated heterocycles. The molecule has 140 valence electrons. The fourth-order valence-corrected chi connectivity index (χ4v) is 3.19. The van der Waals surface area contributed by atoms with Crippen LogP contribution in [0.25, 0.3) is 11.4 Å². The van der Waals surface area contributed by atoms with Crippen molar-refractivity contribution in [2.24, 2.45) is 7.05 Å². The Bertz CT molecular complexity index is 1070. The van der Waals surface area contributed by atoms with Gasteiger partial charge in [-0.15, -0.1) is 0 Å². The monoisotopic (exact) mass is 374 g/mol. The highest BCUT2D eigenvalue weighted by atomic mass is 16.5. The summed E-state index contributed by atoms with van der Waals surface area (Å²) in [4.78, 5) is 27.3. The average Bonchev–Trinajstić information content (AvgIpc) is 2.76. The number of ether oxygens (including phenoxy) is 1. The molecule has 0 amide bonds. The third-order valence-corrected chi connectivity index (χ3v) is 4.72. The maximum Gasteiger partial charge on any atom is 0.255 e. The van der Waals surface area contributed by atoms with Crippen LogP contribution in [0.3, 0.4) is 0 Å². The highest BCUT2D eigenvalue weighted by Gasteiger charge is 2.25. The van der Waals surface area contributed by atoms with E-state index in [1.54, 1.807) is 31.4 Å². The van der Waals surface area contributed by atoms with Gasteiger partial charge in [-0.05, 0) is 23.8 Å². The van der Waals surface area contributed by atoms with E-state index in [9.17, 15) is 4.79 Å². The lowest BCUT2D eigenvalue weighted by Crippen LogP contribution is -2.41. The van der Waals surface area contributed by atoms with Gasteiger partial charge in [-0.2, -0.15) is 5.26 Å². The van der Waals surface area contributed by atoms with Crippen molar-refractivity contribution in [3.8, 4) is 17.5 Å². The van der Waals surface area contributed by atoms with Gasteiger partial charge in [0.05, 0.1) is 36.2 Å². The van der Waals surface area contributed by atoms with E-state index in [4.69, 9.17) is 10.00 Å². The minimum Gasteiger partial charge on any atom is -0.370 e. The minimum atomic E-state index is -0.166. The second-order valence-corrected chi connectivity index (χ2v) is 6.47. The molecule has 3 heterocycles. The van der Waals surface area contributed by atoms with Crippen LogP contribution in [0, 0.1) is 11.3 Å². The molecule has 1 aliphatic heterocycles. The van der Waals surface area contributed by atoms with Crippen LogP contribution in [0.2, 0.25) is 0 Å². The zero-order valence-corrected chi connectivity index (χ0v) is 15.3. The van der Waals surface area contributed by atoms with E-state index in [0.717, 1.165) is 5.56 Å². The van der Waals surface area contributed by atoms with Gasteiger partial charge in [0, 0.05) is 25.9 Å². The van der Waals surface area contributed by atoms with E-state index < -0.39 is 0 Å². The molecule has 1 fully saturated rings. The topological polar surface area (TPSA) is 96.9 Å². The smallest absolute Gasteiger partial charge is 0.255 e. The van der Waals surface area contributed by atoms with Crippen molar-refractivity contribution in [2.75, 3.05) is 24.6 Å². The van der Waals surface area contributed by atoms with Crippen molar-refractivity contribution in [3.05, 3.63) is 70.4 Å². The molecule has 28 heavy (non-hydrogen) atoms. The van der Waals surface area contributed by atoms with Gasteiger partial charge in [0.2, 0.25) is 5.95 Å². The molecular formula is C20H18N6O2. The molecule has 8 nitrogen and oxygen atoms in total. The van der Waals surface area contributed by atoms with Crippen molar-refractivity contribution >= 4 is 5.95 Å². The molecular weight excluding hydrogens is 356 g/mol. The summed E-state index contributed by atoms with van der Waals surface area (Å²) in [5, 5.41) is 8.97. The van der Waals surface area contributed by atoms with Crippen LogP contribution < -0.4 is 10.5 Å². The molecule has 1 aliphatic rings. The zero-order chi connectivity index (χ0) is 19.5. The Balaban J connectivity index is 1.65. The number of anilines is 1. The minimum absolute atomic E-state index is 0.153. The fourth-order valence-electron chi connectivity index (χ4n) is 3.19. The summed E-state index contributed by atoms with van der Waals surface area (Å²) < 4.78 is 7.45. The molecule has 1 aromatic carbocycles. The van der Waals surface area contributed by atoms with Crippen LogP contribution >= 0.6 is 0 Å². The maximum atomic E-state index is 12.5. The maximum absolute atomic E-state index is 12.5. The van der Waals surface area contributed by atoms with Gasteiger partial charge in [-0.1, -0.05) is 12.1 Å². The van der Waals surface area contributed by atoms with Crippen molar-refractivity contribution < 1.29 is 4.74 Å². The van der Waals surface area contributed by atoms with E-state index in [1.165, 1.54) is 17.0 Å². The molecule has 3 aromatic rings. The molecule has 0 saturated carbocycles. The van der Waals surface area contributed by atoms with Gasteiger partial charge in [-0.3, -0.25) is 9.36 Å². The number of hydrogen-bond acceptors (Lipinski definition) is 7. The van der Waals surface area contributed by atoms with E-state index in [2.05, 4.69) is 21.0 Å². The van der Waals surface area contributed by atoms with Gasteiger partial charge < -0.3 is 9.64 Å². The third-order valence-electron chi connectivity index (χ3n) is 4.72. The van der Waals surface area contributed by atoms with Crippen molar-refractivity contribution in [1.29, 1.82) is 5.26 Å². The standard InChI is InChI=1S/C20H18N6O2/c1-25-19(27)10-17(16-6-7-22-13-23-16)24-20(25)26-8-9-28-18(12-26)15-4-2-14(11-21)3-5-15/h2-7,10,13,18H,8-9,12H2,1H3. The van der Waals surface area contributed by atoms with Gasteiger partial charge >= 0.3 is 0 Å². The average molecular weight is 374 g/mol. The number of benzene rings is 1. The number of morpholine rings is 1. The van der Waals surface area contributed by atoms with Crippen LogP contribution in [-0.4, -0.2) is 39.2 Å². The molecule has 1 atom stereocenters. The molecule has 0 N–H and O–H groups in total. The zero-order valence-electron chi connectivity index (χ0n) is 15.3. The van der Waals surface area contributed by atoms with E-state index in [-0.39, 0.29) is 11.7 Å². The first-order valence-electron chi connectivity index (χ1n) is 8.87. The summed E-state index contributed by atoms with van der Waals surface area (Å²) in [6, 6.07) is 12.7. The van der Waals surface area contributed by atoms with Crippen LogP contribution in [0.4, 0.5) is 5.95 Å². The highest BCUT2D eigenvalue weighted by molar-refractivity contribution is 5.55. The number of nitriles is 1. The van der Waals surface area contributed by atoms with E-state index in [1.807, 2.05) is 17.0 Å². The Morgan fingerprint density at radius 2 is 2.04 bits per heavy atom. The largest absolute Gasteiger partial charge is 0.370 e. The molecule has 0 bridgehead atoms. The molecule has 2 aromatic heterocycles. The Morgan fingerprint density at radius 3 is 2.75 bits per heavy atom. The van der Waals surface area contributed by atoms with E-state index in [0.29, 0.717) is 42.6 Å². The van der Waals surface area contributed by atoms with Crippen molar-refractivity contribution in [2.45, 2.75) is 6.10 Å². The molecule has 8 heteroatoms. The number of rotatable bonds is 3. The van der Waals surface area contributed by atoms with Crippen LogP contribution in [-0.2, 0) is 11.8 Å².